The Morgan fingerprint density at radius 2 is 1.90 bits per heavy atom. The van der Waals surface area contributed by atoms with Gasteiger partial charge in [0.2, 0.25) is 5.91 Å². The molecule has 0 aliphatic heterocycles. The fourth-order valence-corrected chi connectivity index (χ4v) is 2.52. The van der Waals surface area contributed by atoms with Gasteiger partial charge in [0.25, 0.3) is 0 Å². The lowest BCUT2D eigenvalue weighted by Gasteiger charge is -2.36. The number of carbonyl (C=O) groups is 1. The highest BCUT2D eigenvalue weighted by Gasteiger charge is 2.33. The van der Waals surface area contributed by atoms with E-state index in [0.29, 0.717) is 0 Å². The summed E-state index contributed by atoms with van der Waals surface area (Å²) in [5.74, 6) is 0.235. The van der Waals surface area contributed by atoms with Gasteiger partial charge in [0.15, 0.2) is 0 Å². The number of nitrogens with zero attached hydrogens (tertiary/aromatic N) is 1. The predicted molar refractivity (Wildman–Crippen MR) is 91.7 cm³/mol. The third-order valence-corrected chi connectivity index (χ3v) is 4.43. The van der Waals surface area contributed by atoms with Crippen LogP contribution < -0.4 is 4.90 Å². The molecule has 2 heteroatoms. The molecular weight excluding hydrogens is 258 g/mol. The summed E-state index contributed by atoms with van der Waals surface area (Å²) in [6, 6.07) is 8.65. The lowest BCUT2D eigenvalue weighted by molar-refractivity contribution is -0.127. The Kier molecular flexibility index (Phi) is 6.44. The second-order valence-corrected chi connectivity index (χ2v) is 6.57. The van der Waals surface area contributed by atoms with Crippen LogP contribution in [-0.4, -0.2) is 11.9 Å². The monoisotopic (exact) mass is 289 g/mol. The van der Waals surface area contributed by atoms with E-state index in [2.05, 4.69) is 52.0 Å². The molecule has 0 aliphatic carbocycles. The first-order chi connectivity index (χ1) is 9.87. The molecule has 21 heavy (non-hydrogen) atoms. The maximum atomic E-state index is 13.0. The third-order valence-electron chi connectivity index (χ3n) is 4.43. The van der Waals surface area contributed by atoms with E-state index in [0.717, 1.165) is 31.4 Å². The maximum Gasteiger partial charge on any atom is 0.232 e. The Hall–Kier alpha value is -1.31. The van der Waals surface area contributed by atoms with Crippen LogP contribution in [-0.2, 0) is 11.2 Å². The molecule has 0 saturated carbocycles. The first kappa shape index (κ1) is 17.7. The van der Waals surface area contributed by atoms with Crippen molar-refractivity contribution in [2.75, 3.05) is 4.90 Å². The van der Waals surface area contributed by atoms with E-state index in [1.54, 1.807) is 0 Å². The number of benzene rings is 1. The number of hydrogen-bond donors (Lipinski definition) is 0. The molecule has 2 nitrogen and oxygen atoms in total. The quantitative estimate of drug-likeness (QED) is 0.675. The minimum absolute atomic E-state index is 0.235. The van der Waals surface area contributed by atoms with Gasteiger partial charge in [-0.15, -0.1) is 0 Å². The molecular formula is C19H31NO. The topological polar surface area (TPSA) is 20.3 Å². The standard InChI is InChI=1S/C19H31NO/c1-7-11-15(4)20(18(21)19(5,6)9-3)17-13-10-12-16(8-2)14-17/h10,12-15H,7-9,11H2,1-6H3. The second-order valence-electron chi connectivity index (χ2n) is 6.57. The highest BCUT2D eigenvalue weighted by atomic mass is 16.2. The van der Waals surface area contributed by atoms with Gasteiger partial charge in [-0.2, -0.15) is 0 Å². The summed E-state index contributed by atoms with van der Waals surface area (Å²) in [4.78, 5) is 15.1. The molecule has 118 valence electrons. The number of rotatable bonds is 7. The van der Waals surface area contributed by atoms with Crippen molar-refractivity contribution in [3.63, 3.8) is 0 Å². The molecule has 1 aromatic carbocycles. The predicted octanol–water partition coefficient (Wildman–Crippen LogP) is 5.21. The van der Waals surface area contributed by atoms with Crippen LogP contribution in [0.3, 0.4) is 0 Å². The summed E-state index contributed by atoms with van der Waals surface area (Å²) in [6.07, 6.45) is 3.97. The molecule has 0 N–H and O–H groups in total. The highest BCUT2D eigenvalue weighted by Crippen LogP contribution is 2.30. The van der Waals surface area contributed by atoms with Gasteiger partial charge in [-0.3, -0.25) is 4.79 Å². The van der Waals surface area contributed by atoms with Crippen molar-refractivity contribution in [3.8, 4) is 0 Å². The average molecular weight is 289 g/mol. The SMILES string of the molecule is CCCC(C)N(C(=O)C(C)(C)CC)c1cccc(CC)c1. The fraction of sp³-hybridized carbons (Fsp3) is 0.632. The molecule has 1 rings (SSSR count). The van der Waals surface area contributed by atoms with Gasteiger partial charge in [-0.1, -0.05) is 53.2 Å². The normalized spacial score (nSPS) is 13.0. The van der Waals surface area contributed by atoms with Crippen molar-refractivity contribution in [3.05, 3.63) is 29.8 Å². The zero-order valence-electron chi connectivity index (χ0n) is 14.6. The minimum Gasteiger partial charge on any atom is -0.309 e. The van der Waals surface area contributed by atoms with Crippen LogP contribution >= 0.6 is 0 Å². The number of anilines is 1. The summed E-state index contributed by atoms with van der Waals surface area (Å²) >= 11 is 0. The van der Waals surface area contributed by atoms with Crippen molar-refractivity contribution in [1.82, 2.24) is 0 Å². The molecule has 0 bridgehead atoms. The molecule has 0 aromatic heterocycles. The molecule has 0 radical (unpaired) electrons. The van der Waals surface area contributed by atoms with Gasteiger partial charge < -0.3 is 4.90 Å². The second kappa shape index (κ2) is 7.63. The first-order valence-corrected chi connectivity index (χ1v) is 8.29. The molecule has 1 atom stereocenters. The summed E-state index contributed by atoms with van der Waals surface area (Å²) in [7, 11) is 0. The van der Waals surface area contributed by atoms with E-state index in [1.165, 1.54) is 5.56 Å². The largest absolute Gasteiger partial charge is 0.309 e. The van der Waals surface area contributed by atoms with Crippen molar-refractivity contribution in [2.24, 2.45) is 5.41 Å². The molecule has 0 aliphatic rings. The summed E-state index contributed by atoms with van der Waals surface area (Å²) < 4.78 is 0. The Morgan fingerprint density at radius 1 is 1.24 bits per heavy atom. The zero-order chi connectivity index (χ0) is 16.0. The molecule has 1 amide bonds. The molecule has 0 spiro atoms. The minimum atomic E-state index is -0.315. The Balaban J connectivity index is 3.21. The highest BCUT2D eigenvalue weighted by molar-refractivity contribution is 5.97. The molecule has 1 unspecified atom stereocenters. The third kappa shape index (κ3) is 4.33. The van der Waals surface area contributed by atoms with E-state index < -0.39 is 0 Å². The van der Waals surface area contributed by atoms with Crippen LogP contribution in [0.25, 0.3) is 0 Å². The zero-order valence-corrected chi connectivity index (χ0v) is 14.6. The van der Waals surface area contributed by atoms with Crippen LogP contribution in [0.15, 0.2) is 24.3 Å². The molecule has 0 saturated heterocycles. The average Bonchev–Trinajstić information content (AvgIpc) is 2.48. The number of aryl methyl sites for hydroxylation is 1. The van der Waals surface area contributed by atoms with Crippen molar-refractivity contribution >= 4 is 11.6 Å². The van der Waals surface area contributed by atoms with Gasteiger partial charge in [-0.05, 0) is 43.9 Å². The van der Waals surface area contributed by atoms with Gasteiger partial charge in [-0.25, -0.2) is 0 Å². The van der Waals surface area contributed by atoms with Gasteiger partial charge >= 0.3 is 0 Å². The fourth-order valence-electron chi connectivity index (χ4n) is 2.52. The smallest absolute Gasteiger partial charge is 0.232 e. The number of hydrogen-bond acceptors (Lipinski definition) is 1. The first-order valence-electron chi connectivity index (χ1n) is 8.29. The Morgan fingerprint density at radius 3 is 2.43 bits per heavy atom. The Labute approximate surface area is 130 Å². The van der Waals surface area contributed by atoms with Crippen molar-refractivity contribution < 1.29 is 4.79 Å². The summed E-state index contributed by atoms with van der Waals surface area (Å²) in [6.45, 7) is 12.7. The van der Waals surface area contributed by atoms with Gasteiger partial charge in [0.05, 0.1) is 0 Å². The lowest BCUT2D eigenvalue weighted by atomic mass is 9.87. The number of amides is 1. The summed E-state index contributed by atoms with van der Waals surface area (Å²) in [5, 5.41) is 0. The number of carbonyl (C=O) groups excluding carboxylic acids is 1. The summed E-state index contributed by atoms with van der Waals surface area (Å²) in [5.41, 5.74) is 2.01. The maximum absolute atomic E-state index is 13.0. The van der Waals surface area contributed by atoms with Crippen LogP contribution in [0.4, 0.5) is 5.69 Å². The van der Waals surface area contributed by atoms with E-state index in [4.69, 9.17) is 0 Å². The van der Waals surface area contributed by atoms with Crippen LogP contribution in [0, 0.1) is 5.41 Å². The van der Waals surface area contributed by atoms with Crippen molar-refractivity contribution in [1.29, 1.82) is 0 Å². The van der Waals surface area contributed by atoms with E-state index in [9.17, 15) is 4.79 Å². The molecule has 0 fully saturated rings. The van der Waals surface area contributed by atoms with Crippen LogP contribution in [0.1, 0.15) is 66.4 Å². The van der Waals surface area contributed by atoms with Crippen molar-refractivity contribution in [2.45, 2.75) is 73.3 Å². The van der Waals surface area contributed by atoms with Crippen LogP contribution in [0.5, 0.6) is 0 Å². The van der Waals surface area contributed by atoms with E-state index in [1.807, 2.05) is 18.7 Å². The van der Waals surface area contributed by atoms with E-state index in [-0.39, 0.29) is 17.4 Å². The van der Waals surface area contributed by atoms with Gasteiger partial charge in [0.1, 0.15) is 0 Å². The van der Waals surface area contributed by atoms with Crippen LogP contribution in [0.2, 0.25) is 0 Å². The Bertz CT molecular complexity index is 464. The van der Waals surface area contributed by atoms with E-state index >= 15 is 0 Å². The lowest BCUT2D eigenvalue weighted by Crippen LogP contribution is -2.46. The molecule has 0 heterocycles. The van der Waals surface area contributed by atoms with Gasteiger partial charge in [0, 0.05) is 17.1 Å². The molecule has 1 aromatic rings.